The average Bonchev–Trinajstić information content (AvgIpc) is 2.69. The molecular weight excluding hydrogens is 274 g/mol. The number of pyridine rings is 1. The minimum atomic E-state index is 0.789. The van der Waals surface area contributed by atoms with Crippen molar-refractivity contribution in [1.82, 2.24) is 14.5 Å². The lowest BCUT2D eigenvalue weighted by atomic mass is 10.2. The van der Waals surface area contributed by atoms with Crippen LogP contribution in [0, 0.1) is 11.7 Å². The number of nitrogens with zero attached hydrogens (tertiary/aromatic N) is 2. The fraction of sp³-hybridized carbons (Fsp3) is 0.571. The van der Waals surface area contributed by atoms with Crippen LogP contribution in [0.4, 0.5) is 0 Å². The van der Waals surface area contributed by atoms with E-state index in [2.05, 4.69) is 26.9 Å². The highest BCUT2D eigenvalue weighted by Crippen LogP contribution is 2.14. The van der Waals surface area contributed by atoms with Crippen LogP contribution in [0.3, 0.4) is 0 Å². The molecule has 0 radical (unpaired) electrons. The van der Waals surface area contributed by atoms with Gasteiger partial charge in [0.1, 0.15) is 0 Å². The molecular formula is C14H21N3S2. The Bertz CT molecular complexity index is 586. The number of imidazole rings is 1. The van der Waals surface area contributed by atoms with Gasteiger partial charge in [-0.3, -0.25) is 0 Å². The zero-order valence-electron chi connectivity index (χ0n) is 11.6. The molecule has 0 amide bonds. The van der Waals surface area contributed by atoms with E-state index in [4.69, 9.17) is 12.2 Å². The molecule has 2 rings (SSSR count). The van der Waals surface area contributed by atoms with Crippen LogP contribution in [-0.2, 0) is 6.54 Å². The number of aryl methyl sites for hydroxylation is 2. The molecule has 0 aliphatic heterocycles. The number of aromatic nitrogens is 3. The summed E-state index contributed by atoms with van der Waals surface area (Å²) in [7, 11) is 0. The Morgan fingerprint density at radius 3 is 2.84 bits per heavy atom. The Labute approximate surface area is 123 Å². The van der Waals surface area contributed by atoms with Crippen LogP contribution in [0.25, 0.3) is 11.2 Å². The molecule has 0 aromatic carbocycles. The molecule has 0 saturated heterocycles. The summed E-state index contributed by atoms with van der Waals surface area (Å²) in [4.78, 5) is 7.81. The van der Waals surface area contributed by atoms with E-state index in [1.165, 1.54) is 31.4 Å². The van der Waals surface area contributed by atoms with Crippen LogP contribution < -0.4 is 0 Å². The molecule has 104 valence electrons. The second-order valence-electron chi connectivity index (χ2n) is 4.81. The molecule has 0 fully saturated rings. The summed E-state index contributed by atoms with van der Waals surface area (Å²) in [6.45, 7) is 2.98. The number of thioether (sulfide) groups is 1. The van der Waals surface area contributed by atoms with Crippen LogP contribution in [0.15, 0.2) is 12.1 Å². The largest absolute Gasteiger partial charge is 0.329 e. The molecule has 5 heteroatoms. The Kier molecular flexibility index (Phi) is 5.45. The summed E-state index contributed by atoms with van der Waals surface area (Å²) < 4.78 is 2.92. The number of aromatic amines is 1. The molecule has 1 N–H and O–H groups in total. The van der Waals surface area contributed by atoms with Crippen molar-refractivity contribution in [2.75, 3.05) is 12.0 Å². The number of hydrogen-bond donors (Lipinski definition) is 1. The maximum Gasteiger partial charge on any atom is 0.179 e. The summed E-state index contributed by atoms with van der Waals surface area (Å²) in [5, 5.41) is 0. The first-order chi connectivity index (χ1) is 9.22. The summed E-state index contributed by atoms with van der Waals surface area (Å²) in [6, 6.07) is 4.07. The van der Waals surface area contributed by atoms with Crippen LogP contribution in [0.5, 0.6) is 0 Å². The number of rotatable bonds is 7. The predicted molar refractivity (Wildman–Crippen MR) is 86.5 cm³/mol. The van der Waals surface area contributed by atoms with Crippen molar-refractivity contribution in [2.24, 2.45) is 0 Å². The summed E-state index contributed by atoms with van der Waals surface area (Å²) in [5.74, 6) is 1.27. The topological polar surface area (TPSA) is 33.6 Å². The summed E-state index contributed by atoms with van der Waals surface area (Å²) >= 11 is 7.31. The first kappa shape index (κ1) is 14.6. The molecule has 2 aromatic rings. The van der Waals surface area contributed by atoms with Crippen LogP contribution in [0.1, 0.15) is 31.4 Å². The van der Waals surface area contributed by atoms with E-state index >= 15 is 0 Å². The van der Waals surface area contributed by atoms with Crippen LogP contribution >= 0.6 is 24.0 Å². The van der Waals surface area contributed by atoms with Gasteiger partial charge in [-0.25, -0.2) is 4.98 Å². The number of hydrogen-bond acceptors (Lipinski definition) is 3. The molecule has 0 aliphatic carbocycles. The van der Waals surface area contributed by atoms with Crippen molar-refractivity contribution in [3.8, 4) is 0 Å². The van der Waals surface area contributed by atoms with Gasteiger partial charge in [0, 0.05) is 12.2 Å². The Morgan fingerprint density at radius 2 is 2.05 bits per heavy atom. The number of H-pyrrole nitrogens is 1. The molecule has 2 heterocycles. The van der Waals surface area contributed by atoms with Gasteiger partial charge in [-0.05, 0) is 56.1 Å². The summed E-state index contributed by atoms with van der Waals surface area (Å²) in [6.07, 6.45) is 7.23. The lowest BCUT2D eigenvalue weighted by Gasteiger charge is -2.04. The third kappa shape index (κ3) is 3.83. The zero-order chi connectivity index (χ0) is 13.7. The maximum atomic E-state index is 5.38. The number of fused-ring (bicyclic) bond motifs is 1. The molecule has 19 heavy (non-hydrogen) atoms. The standard InChI is InChI=1S/C14H21N3S2/c1-11-7-8-12-13(15-11)17(14(18)16-12)9-5-3-4-6-10-19-2/h7-8H,3-6,9-10H2,1-2H3,(H,16,18). The number of unbranched alkanes of at least 4 members (excludes halogenated alkanes) is 3. The second kappa shape index (κ2) is 7.10. The van der Waals surface area contributed by atoms with E-state index in [-0.39, 0.29) is 0 Å². The Hall–Kier alpha value is -0.810. The first-order valence-corrected chi connectivity index (χ1v) is 8.57. The van der Waals surface area contributed by atoms with Gasteiger partial charge < -0.3 is 9.55 Å². The fourth-order valence-electron chi connectivity index (χ4n) is 2.20. The second-order valence-corrected chi connectivity index (χ2v) is 6.18. The minimum Gasteiger partial charge on any atom is -0.329 e. The van der Waals surface area contributed by atoms with Crippen molar-refractivity contribution in [2.45, 2.75) is 39.2 Å². The molecule has 0 bridgehead atoms. The van der Waals surface area contributed by atoms with Gasteiger partial charge in [0.2, 0.25) is 0 Å². The molecule has 0 atom stereocenters. The highest BCUT2D eigenvalue weighted by atomic mass is 32.2. The molecule has 0 spiro atoms. The smallest absolute Gasteiger partial charge is 0.179 e. The zero-order valence-corrected chi connectivity index (χ0v) is 13.2. The molecule has 0 unspecified atom stereocenters. The fourth-order valence-corrected chi connectivity index (χ4v) is 2.98. The van der Waals surface area contributed by atoms with E-state index < -0.39 is 0 Å². The highest BCUT2D eigenvalue weighted by molar-refractivity contribution is 7.98. The lowest BCUT2D eigenvalue weighted by Crippen LogP contribution is -2.00. The van der Waals surface area contributed by atoms with E-state index in [0.29, 0.717) is 0 Å². The van der Waals surface area contributed by atoms with Gasteiger partial charge in [-0.1, -0.05) is 12.8 Å². The van der Waals surface area contributed by atoms with Gasteiger partial charge in [-0.15, -0.1) is 0 Å². The van der Waals surface area contributed by atoms with E-state index in [1.807, 2.05) is 24.8 Å². The van der Waals surface area contributed by atoms with Gasteiger partial charge >= 0.3 is 0 Å². The van der Waals surface area contributed by atoms with Crippen molar-refractivity contribution >= 4 is 35.1 Å². The summed E-state index contributed by atoms with van der Waals surface area (Å²) in [5.41, 5.74) is 3.07. The van der Waals surface area contributed by atoms with Gasteiger partial charge in [0.05, 0.1) is 5.52 Å². The number of nitrogens with one attached hydrogen (secondary N) is 1. The first-order valence-electron chi connectivity index (χ1n) is 6.77. The van der Waals surface area contributed by atoms with Gasteiger partial charge in [0.25, 0.3) is 0 Å². The normalized spacial score (nSPS) is 11.3. The molecule has 3 nitrogen and oxygen atoms in total. The van der Waals surface area contributed by atoms with Crippen molar-refractivity contribution in [3.63, 3.8) is 0 Å². The Morgan fingerprint density at radius 1 is 1.26 bits per heavy atom. The quantitative estimate of drug-likeness (QED) is 0.610. The van der Waals surface area contributed by atoms with Crippen molar-refractivity contribution in [3.05, 3.63) is 22.6 Å². The van der Waals surface area contributed by atoms with Crippen LogP contribution in [-0.4, -0.2) is 26.5 Å². The highest BCUT2D eigenvalue weighted by Gasteiger charge is 2.05. The molecule has 2 aromatic heterocycles. The van der Waals surface area contributed by atoms with E-state index in [1.54, 1.807) is 0 Å². The van der Waals surface area contributed by atoms with Crippen LogP contribution in [0.2, 0.25) is 0 Å². The Balaban J connectivity index is 1.98. The van der Waals surface area contributed by atoms with E-state index in [0.717, 1.165) is 28.2 Å². The van der Waals surface area contributed by atoms with Crippen molar-refractivity contribution < 1.29 is 0 Å². The monoisotopic (exact) mass is 295 g/mol. The van der Waals surface area contributed by atoms with Gasteiger partial charge in [-0.2, -0.15) is 11.8 Å². The lowest BCUT2D eigenvalue weighted by molar-refractivity contribution is 0.586. The van der Waals surface area contributed by atoms with Crippen molar-refractivity contribution in [1.29, 1.82) is 0 Å². The molecule has 0 aliphatic rings. The third-order valence-corrected chi connectivity index (χ3v) is 4.26. The minimum absolute atomic E-state index is 0.789. The average molecular weight is 295 g/mol. The molecule has 0 saturated carbocycles. The van der Waals surface area contributed by atoms with Gasteiger partial charge in [0.15, 0.2) is 10.4 Å². The maximum absolute atomic E-state index is 5.38. The SMILES string of the molecule is CSCCCCCCn1c(=S)[nH]c2ccc(C)nc21. The van der Waals surface area contributed by atoms with E-state index in [9.17, 15) is 0 Å². The predicted octanol–water partition coefficient (Wildman–Crippen LogP) is 4.33. The third-order valence-electron chi connectivity index (χ3n) is 3.24.